The molecule has 2 rings (SSSR count). The fourth-order valence-electron chi connectivity index (χ4n) is 1.71. The second kappa shape index (κ2) is 5.39. The highest BCUT2D eigenvalue weighted by atomic mass is 16.5. The van der Waals surface area contributed by atoms with Gasteiger partial charge in [-0.15, -0.1) is 0 Å². The Labute approximate surface area is 111 Å². The molecule has 3 N–H and O–H groups in total. The van der Waals surface area contributed by atoms with E-state index in [1.165, 1.54) is 19.4 Å². The maximum atomic E-state index is 11.7. The third-order valence-electron chi connectivity index (χ3n) is 2.74. The number of carbonyl (C=O) groups excluding carboxylic acids is 1. The molecule has 0 bridgehead atoms. The fraction of sp³-hybridized carbons (Fsp3) is 0.143. The summed E-state index contributed by atoms with van der Waals surface area (Å²) in [6, 6.07) is 9.25. The molecule has 1 aromatic heterocycles. The van der Waals surface area contributed by atoms with Gasteiger partial charge in [-0.05, 0) is 24.6 Å². The number of hydrogen-bond donors (Lipinski definition) is 2. The number of aromatic nitrogens is 1. The molecule has 0 saturated heterocycles. The van der Waals surface area contributed by atoms with Crippen LogP contribution in [0, 0.1) is 6.92 Å². The van der Waals surface area contributed by atoms with Gasteiger partial charge < -0.3 is 15.8 Å². The number of anilines is 3. The zero-order valence-corrected chi connectivity index (χ0v) is 10.8. The van der Waals surface area contributed by atoms with Crippen LogP contribution in [0.4, 0.5) is 17.2 Å². The lowest BCUT2D eigenvalue weighted by Gasteiger charge is -2.12. The van der Waals surface area contributed by atoms with Gasteiger partial charge in [-0.2, -0.15) is 0 Å². The number of nitrogens with two attached hydrogens (primary N) is 1. The normalized spacial score (nSPS) is 10.0. The van der Waals surface area contributed by atoms with Gasteiger partial charge >= 0.3 is 5.97 Å². The molecular weight excluding hydrogens is 242 g/mol. The Kier molecular flexibility index (Phi) is 3.66. The monoisotopic (exact) mass is 257 g/mol. The molecule has 0 aliphatic heterocycles. The molecule has 0 saturated carbocycles. The molecule has 5 nitrogen and oxygen atoms in total. The number of rotatable bonds is 3. The smallest absolute Gasteiger partial charge is 0.340 e. The van der Waals surface area contributed by atoms with Crippen molar-refractivity contribution < 1.29 is 9.53 Å². The Bertz CT molecular complexity index is 611. The first-order chi connectivity index (χ1) is 9.11. The number of nitrogens with zero attached hydrogens (tertiary/aromatic N) is 1. The van der Waals surface area contributed by atoms with Crippen molar-refractivity contribution in [3.8, 4) is 0 Å². The van der Waals surface area contributed by atoms with Crippen LogP contribution in [-0.4, -0.2) is 18.1 Å². The number of ether oxygens (including phenoxy) is 1. The van der Waals surface area contributed by atoms with Crippen LogP contribution in [0.15, 0.2) is 36.5 Å². The van der Waals surface area contributed by atoms with Crippen molar-refractivity contribution >= 4 is 23.2 Å². The number of para-hydroxylation sites is 1. The average Bonchev–Trinajstić information content (AvgIpc) is 2.42. The highest BCUT2D eigenvalue weighted by Gasteiger charge is 2.13. The Balaban J connectivity index is 2.40. The van der Waals surface area contributed by atoms with Crippen LogP contribution in [-0.2, 0) is 4.74 Å². The largest absolute Gasteiger partial charge is 0.465 e. The number of nitrogen functional groups attached to an aromatic ring is 1. The van der Waals surface area contributed by atoms with Crippen LogP contribution < -0.4 is 11.1 Å². The highest BCUT2D eigenvalue weighted by Crippen LogP contribution is 2.24. The molecule has 5 heteroatoms. The van der Waals surface area contributed by atoms with Crippen LogP contribution >= 0.6 is 0 Å². The molecule has 0 amide bonds. The van der Waals surface area contributed by atoms with E-state index >= 15 is 0 Å². The summed E-state index contributed by atoms with van der Waals surface area (Å²) >= 11 is 0. The van der Waals surface area contributed by atoms with E-state index in [1.807, 2.05) is 31.2 Å². The van der Waals surface area contributed by atoms with Crippen LogP contribution in [0.5, 0.6) is 0 Å². The summed E-state index contributed by atoms with van der Waals surface area (Å²) < 4.78 is 4.74. The molecule has 0 aliphatic rings. The van der Waals surface area contributed by atoms with E-state index < -0.39 is 5.97 Å². The number of hydrogen-bond acceptors (Lipinski definition) is 5. The lowest BCUT2D eigenvalue weighted by atomic mass is 10.1. The first kappa shape index (κ1) is 12.9. The third kappa shape index (κ3) is 2.82. The van der Waals surface area contributed by atoms with Crippen molar-refractivity contribution in [3.05, 3.63) is 47.7 Å². The summed E-state index contributed by atoms with van der Waals surface area (Å²) in [5.74, 6) is -0.180. The number of pyridine rings is 1. The fourth-order valence-corrected chi connectivity index (χ4v) is 1.71. The standard InChI is InChI=1S/C14H15N3O2/c1-9-5-3-4-6-11(9)17-12-8-16-13(15)7-10(12)14(18)19-2/h3-8,17H,1-2H3,(H2,15,16). The molecule has 2 aromatic rings. The summed E-state index contributed by atoms with van der Waals surface area (Å²) in [7, 11) is 1.33. The first-order valence-corrected chi connectivity index (χ1v) is 5.78. The minimum Gasteiger partial charge on any atom is -0.465 e. The van der Waals surface area contributed by atoms with Gasteiger partial charge in [0.2, 0.25) is 0 Å². The molecule has 98 valence electrons. The minimum absolute atomic E-state index is 0.274. The summed E-state index contributed by atoms with van der Waals surface area (Å²) in [6.45, 7) is 1.98. The lowest BCUT2D eigenvalue weighted by molar-refractivity contribution is 0.0602. The zero-order valence-electron chi connectivity index (χ0n) is 10.8. The van der Waals surface area contributed by atoms with Gasteiger partial charge in [0.25, 0.3) is 0 Å². The molecule has 1 heterocycles. The van der Waals surface area contributed by atoms with Gasteiger partial charge in [0.05, 0.1) is 24.6 Å². The van der Waals surface area contributed by atoms with Crippen LogP contribution in [0.2, 0.25) is 0 Å². The Morgan fingerprint density at radius 3 is 2.74 bits per heavy atom. The molecule has 0 aliphatic carbocycles. The molecule has 0 atom stereocenters. The summed E-state index contributed by atoms with van der Waals surface area (Å²) in [4.78, 5) is 15.7. The van der Waals surface area contributed by atoms with E-state index in [-0.39, 0.29) is 5.82 Å². The van der Waals surface area contributed by atoms with E-state index in [1.54, 1.807) is 0 Å². The second-order valence-electron chi connectivity index (χ2n) is 4.09. The van der Waals surface area contributed by atoms with E-state index in [0.29, 0.717) is 11.3 Å². The molecule has 0 unspecified atom stereocenters. The van der Waals surface area contributed by atoms with Crippen molar-refractivity contribution in [2.24, 2.45) is 0 Å². The summed E-state index contributed by atoms with van der Waals surface area (Å²) in [5, 5.41) is 3.16. The Morgan fingerprint density at radius 1 is 1.32 bits per heavy atom. The van der Waals surface area contributed by atoms with Crippen LogP contribution in [0.1, 0.15) is 15.9 Å². The van der Waals surface area contributed by atoms with Gasteiger partial charge in [0, 0.05) is 5.69 Å². The SMILES string of the molecule is COC(=O)c1cc(N)ncc1Nc1ccccc1C. The van der Waals surface area contributed by atoms with Gasteiger partial charge in [-0.1, -0.05) is 18.2 Å². The number of methoxy groups -OCH3 is 1. The average molecular weight is 257 g/mol. The Hall–Kier alpha value is -2.56. The summed E-state index contributed by atoms with van der Waals surface area (Å²) in [5.41, 5.74) is 8.49. The number of nitrogens with one attached hydrogen (secondary N) is 1. The Morgan fingerprint density at radius 2 is 2.05 bits per heavy atom. The third-order valence-corrected chi connectivity index (χ3v) is 2.74. The zero-order chi connectivity index (χ0) is 13.8. The number of benzene rings is 1. The van der Waals surface area contributed by atoms with Crippen molar-refractivity contribution in [1.82, 2.24) is 4.98 Å². The maximum absolute atomic E-state index is 11.7. The molecule has 0 fully saturated rings. The topological polar surface area (TPSA) is 77.2 Å². The number of esters is 1. The van der Waals surface area contributed by atoms with Crippen molar-refractivity contribution in [2.45, 2.75) is 6.92 Å². The minimum atomic E-state index is -0.454. The van der Waals surface area contributed by atoms with Crippen molar-refractivity contribution in [1.29, 1.82) is 0 Å². The second-order valence-corrected chi connectivity index (χ2v) is 4.09. The predicted molar refractivity (Wildman–Crippen MR) is 74.5 cm³/mol. The number of aryl methyl sites for hydroxylation is 1. The van der Waals surface area contributed by atoms with E-state index in [9.17, 15) is 4.79 Å². The van der Waals surface area contributed by atoms with Crippen LogP contribution in [0.25, 0.3) is 0 Å². The molecule has 0 spiro atoms. The molecular formula is C14H15N3O2. The van der Waals surface area contributed by atoms with E-state index in [4.69, 9.17) is 10.5 Å². The number of carbonyl (C=O) groups is 1. The molecule has 19 heavy (non-hydrogen) atoms. The van der Waals surface area contributed by atoms with Gasteiger partial charge in [-0.3, -0.25) is 0 Å². The van der Waals surface area contributed by atoms with Gasteiger partial charge in [-0.25, -0.2) is 9.78 Å². The van der Waals surface area contributed by atoms with Crippen molar-refractivity contribution in [2.75, 3.05) is 18.2 Å². The predicted octanol–water partition coefficient (Wildman–Crippen LogP) is 2.50. The molecule has 0 radical (unpaired) electrons. The highest BCUT2D eigenvalue weighted by molar-refractivity contribution is 5.97. The van der Waals surface area contributed by atoms with Crippen molar-refractivity contribution in [3.63, 3.8) is 0 Å². The van der Waals surface area contributed by atoms with Gasteiger partial charge in [0.1, 0.15) is 5.82 Å². The summed E-state index contributed by atoms with van der Waals surface area (Å²) in [6.07, 6.45) is 1.52. The quantitative estimate of drug-likeness (QED) is 0.826. The van der Waals surface area contributed by atoms with Gasteiger partial charge in [0.15, 0.2) is 0 Å². The lowest BCUT2D eigenvalue weighted by Crippen LogP contribution is -2.08. The molecule has 1 aromatic carbocycles. The van der Waals surface area contributed by atoms with E-state index in [2.05, 4.69) is 10.3 Å². The van der Waals surface area contributed by atoms with E-state index in [0.717, 1.165) is 11.3 Å². The van der Waals surface area contributed by atoms with Crippen LogP contribution in [0.3, 0.4) is 0 Å². The first-order valence-electron chi connectivity index (χ1n) is 5.78. The maximum Gasteiger partial charge on any atom is 0.340 e.